The quantitative estimate of drug-likeness (QED) is 0.818. The zero-order valence-corrected chi connectivity index (χ0v) is 13.1. The molecule has 0 saturated heterocycles. The van der Waals surface area contributed by atoms with Crippen molar-refractivity contribution in [3.8, 4) is 5.75 Å². The van der Waals surface area contributed by atoms with Crippen LogP contribution in [0.5, 0.6) is 5.75 Å². The second-order valence-electron chi connectivity index (χ2n) is 5.08. The molecule has 2 N–H and O–H groups in total. The van der Waals surface area contributed by atoms with E-state index in [9.17, 15) is 9.50 Å². The number of para-hydroxylation sites is 1. The van der Waals surface area contributed by atoms with E-state index in [-0.39, 0.29) is 18.4 Å². The van der Waals surface area contributed by atoms with Crippen molar-refractivity contribution in [1.29, 1.82) is 0 Å². The average Bonchev–Trinajstić information content (AvgIpc) is 2.52. The van der Waals surface area contributed by atoms with Gasteiger partial charge in [0, 0.05) is 17.6 Å². The lowest BCUT2D eigenvalue weighted by Gasteiger charge is -2.18. The standard InChI is InChI=1S/C17H19ClFNO2/c1-12(13-5-4-6-14(18)9-13)20-10-15(21)11-22-17-8-3-2-7-16(17)19/h2-9,12,15,20-21H,10-11H2,1H3. The summed E-state index contributed by atoms with van der Waals surface area (Å²) in [5.74, 6) is -0.292. The molecule has 22 heavy (non-hydrogen) atoms. The number of benzene rings is 2. The van der Waals surface area contributed by atoms with Crippen LogP contribution in [-0.4, -0.2) is 24.4 Å². The molecule has 3 nitrogen and oxygen atoms in total. The van der Waals surface area contributed by atoms with Gasteiger partial charge in [-0.1, -0.05) is 35.9 Å². The average molecular weight is 324 g/mol. The van der Waals surface area contributed by atoms with Gasteiger partial charge >= 0.3 is 0 Å². The third-order valence-corrected chi connectivity index (χ3v) is 3.51. The molecule has 0 heterocycles. The molecule has 0 aliphatic rings. The van der Waals surface area contributed by atoms with Crippen LogP contribution in [0, 0.1) is 5.82 Å². The molecule has 0 bridgehead atoms. The normalized spacial score (nSPS) is 13.6. The number of rotatable bonds is 7. The first-order valence-electron chi connectivity index (χ1n) is 7.10. The Morgan fingerprint density at radius 2 is 2.00 bits per heavy atom. The van der Waals surface area contributed by atoms with Crippen LogP contribution in [0.25, 0.3) is 0 Å². The summed E-state index contributed by atoms with van der Waals surface area (Å²) in [5, 5.41) is 13.8. The molecule has 0 amide bonds. The molecular formula is C17H19ClFNO2. The van der Waals surface area contributed by atoms with Crippen LogP contribution in [0.15, 0.2) is 48.5 Å². The van der Waals surface area contributed by atoms with Crippen molar-refractivity contribution < 1.29 is 14.2 Å². The molecular weight excluding hydrogens is 305 g/mol. The first-order chi connectivity index (χ1) is 10.6. The summed E-state index contributed by atoms with van der Waals surface area (Å²) in [6.07, 6.45) is -0.735. The highest BCUT2D eigenvalue weighted by molar-refractivity contribution is 6.30. The number of nitrogens with one attached hydrogen (secondary N) is 1. The third kappa shape index (κ3) is 4.98. The number of aliphatic hydroxyl groups excluding tert-OH is 1. The fourth-order valence-electron chi connectivity index (χ4n) is 2.01. The predicted molar refractivity (Wildman–Crippen MR) is 85.8 cm³/mol. The minimum absolute atomic E-state index is 0.0240. The Labute approximate surface area is 134 Å². The summed E-state index contributed by atoms with van der Waals surface area (Å²) >= 11 is 5.95. The zero-order valence-electron chi connectivity index (χ0n) is 12.3. The Bertz CT molecular complexity index is 609. The van der Waals surface area contributed by atoms with Crippen molar-refractivity contribution in [2.45, 2.75) is 19.1 Å². The second kappa shape index (κ2) is 8.13. The van der Waals surface area contributed by atoms with Crippen LogP contribution in [0.3, 0.4) is 0 Å². The number of hydrogen-bond acceptors (Lipinski definition) is 3. The highest BCUT2D eigenvalue weighted by atomic mass is 35.5. The Morgan fingerprint density at radius 1 is 1.23 bits per heavy atom. The molecule has 2 aromatic carbocycles. The van der Waals surface area contributed by atoms with E-state index in [1.165, 1.54) is 12.1 Å². The Morgan fingerprint density at radius 3 is 2.73 bits per heavy atom. The van der Waals surface area contributed by atoms with Crippen molar-refractivity contribution in [3.63, 3.8) is 0 Å². The first-order valence-corrected chi connectivity index (χ1v) is 7.48. The van der Waals surface area contributed by atoms with Crippen molar-refractivity contribution in [2.75, 3.05) is 13.2 Å². The maximum Gasteiger partial charge on any atom is 0.165 e. The molecule has 0 radical (unpaired) electrons. The number of halogens is 2. The molecule has 2 rings (SSSR count). The molecule has 5 heteroatoms. The van der Waals surface area contributed by atoms with Gasteiger partial charge in [-0.25, -0.2) is 4.39 Å². The molecule has 0 aliphatic carbocycles. The summed E-state index contributed by atoms with van der Waals surface area (Å²) in [5.41, 5.74) is 1.04. The number of ether oxygens (including phenoxy) is 1. The summed E-state index contributed by atoms with van der Waals surface area (Å²) in [6.45, 7) is 2.34. The summed E-state index contributed by atoms with van der Waals surface area (Å²) in [4.78, 5) is 0. The Balaban J connectivity index is 1.78. The van der Waals surface area contributed by atoms with Crippen LogP contribution in [-0.2, 0) is 0 Å². The predicted octanol–water partition coefficient (Wildman–Crippen LogP) is 3.57. The molecule has 118 valence electrons. The van der Waals surface area contributed by atoms with Crippen LogP contribution in [0.4, 0.5) is 4.39 Å². The molecule has 2 unspecified atom stereocenters. The van der Waals surface area contributed by atoms with Gasteiger partial charge in [0.25, 0.3) is 0 Å². The van der Waals surface area contributed by atoms with Gasteiger partial charge in [0.05, 0.1) is 0 Å². The third-order valence-electron chi connectivity index (χ3n) is 3.28. The highest BCUT2D eigenvalue weighted by Gasteiger charge is 2.11. The monoisotopic (exact) mass is 323 g/mol. The van der Waals surface area contributed by atoms with Crippen LogP contribution < -0.4 is 10.1 Å². The van der Waals surface area contributed by atoms with Gasteiger partial charge in [-0.05, 0) is 36.8 Å². The van der Waals surface area contributed by atoms with E-state index in [4.69, 9.17) is 16.3 Å². The number of hydrogen-bond donors (Lipinski definition) is 2. The van der Waals surface area contributed by atoms with E-state index in [2.05, 4.69) is 5.32 Å². The maximum absolute atomic E-state index is 13.4. The fraction of sp³-hybridized carbons (Fsp3) is 0.294. The minimum atomic E-state index is -0.735. The molecule has 0 spiro atoms. The largest absolute Gasteiger partial charge is 0.488 e. The van der Waals surface area contributed by atoms with Crippen molar-refractivity contribution in [3.05, 3.63) is 64.9 Å². The molecule has 2 aromatic rings. The smallest absolute Gasteiger partial charge is 0.165 e. The first kappa shape index (κ1) is 16.7. The van der Waals surface area contributed by atoms with Gasteiger partial charge < -0.3 is 15.2 Å². The van der Waals surface area contributed by atoms with E-state index in [1.807, 2.05) is 31.2 Å². The van der Waals surface area contributed by atoms with Crippen LogP contribution >= 0.6 is 11.6 Å². The zero-order chi connectivity index (χ0) is 15.9. The summed E-state index contributed by atoms with van der Waals surface area (Å²) in [6, 6.07) is 13.7. The highest BCUT2D eigenvalue weighted by Crippen LogP contribution is 2.18. The van der Waals surface area contributed by atoms with E-state index >= 15 is 0 Å². The van der Waals surface area contributed by atoms with E-state index < -0.39 is 11.9 Å². The van der Waals surface area contributed by atoms with Gasteiger partial charge in [-0.3, -0.25) is 0 Å². The summed E-state index contributed by atoms with van der Waals surface area (Å²) in [7, 11) is 0. The topological polar surface area (TPSA) is 41.5 Å². The van der Waals surface area contributed by atoms with Crippen LogP contribution in [0.1, 0.15) is 18.5 Å². The molecule has 0 aromatic heterocycles. The van der Waals surface area contributed by atoms with E-state index in [1.54, 1.807) is 12.1 Å². The van der Waals surface area contributed by atoms with Gasteiger partial charge in [0.1, 0.15) is 12.7 Å². The van der Waals surface area contributed by atoms with E-state index in [0.29, 0.717) is 11.6 Å². The van der Waals surface area contributed by atoms with Crippen LogP contribution in [0.2, 0.25) is 5.02 Å². The second-order valence-corrected chi connectivity index (χ2v) is 5.52. The molecule has 0 aliphatic heterocycles. The minimum Gasteiger partial charge on any atom is -0.488 e. The lowest BCUT2D eigenvalue weighted by atomic mass is 10.1. The molecule has 2 atom stereocenters. The SMILES string of the molecule is CC(NCC(O)COc1ccccc1F)c1cccc(Cl)c1. The lowest BCUT2D eigenvalue weighted by molar-refractivity contribution is 0.102. The van der Waals surface area contributed by atoms with Gasteiger partial charge in [0.15, 0.2) is 11.6 Å². The van der Waals surface area contributed by atoms with Gasteiger partial charge in [-0.2, -0.15) is 0 Å². The maximum atomic E-state index is 13.4. The number of aliphatic hydroxyl groups is 1. The lowest BCUT2D eigenvalue weighted by Crippen LogP contribution is -2.33. The fourth-order valence-corrected chi connectivity index (χ4v) is 2.21. The summed E-state index contributed by atoms with van der Waals surface area (Å²) < 4.78 is 18.6. The molecule has 0 saturated carbocycles. The van der Waals surface area contributed by atoms with Crippen molar-refractivity contribution in [2.24, 2.45) is 0 Å². The Kier molecular flexibility index (Phi) is 6.19. The van der Waals surface area contributed by atoms with E-state index in [0.717, 1.165) is 5.56 Å². The Hall–Kier alpha value is -1.62. The van der Waals surface area contributed by atoms with Gasteiger partial charge in [0.2, 0.25) is 0 Å². The van der Waals surface area contributed by atoms with Crippen molar-refractivity contribution >= 4 is 11.6 Å². The van der Waals surface area contributed by atoms with Gasteiger partial charge in [-0.15, -0.1) is 0 Å². The van der Waals surface area contributed by atoms with Crippen molar-refractivity contribution in [1.82, 2.24) is 5.32 Å². The molecule has 0 fully saturated rings.